The van der Waals surface area contributed by atoms with Gasteiger partial charge in [0.1, 0.15) is 12.0 Å². The van der Waals surface area contributed by atoms with Crippen molar-refractivity contribution in [1.82, 2.24) is 10.6 Å². The summed E-state index contributed by atoms with van der Waals surface area (Å²) in [6, 6.07) is -1.19. The molecular weight excluding hydrogens is 250 g/mol. The van der Waals surface area contributed by atoms with Crippen molar-refractivity contribution in [2.24, 2.45) is 0 Å². The summed E-state index contributed by atoms with van der Waals surface area (Å²) in [5.41, 5.74) is 0.538. The van der Waals surface area contributed by atoms with Gasteiger partial charge in [0, 0.05) is 13.0 Å². The molecule has 1 aliphatic heterocycles. The Hall–Kier alpha value is -0.680. The van der Waals surface area contributed by atoms with Crippen LogP contribution in [0.4, 0.5) is 8.78 Å². The topological polar surface area (TPSA) is 41.1 Å². The number of amides is 1. The summed E-state index contributed by atoms with van der Waals surface area (Å²) in [6.07, 6.45) is -0.825. The highest BCUT2D eigenvalue weighted by atomic mass is 35.5. The van der Waals surface area contributed by atoms with Crippen molar-refractivity contribution in [1.29, 1.82) is 0 Å². The smallest absolute Gasteiger partial charge is 0.237 e. The molecule has 1 fully saturated rings. The molecule has 17 heavy (non-hydrogen) atoms. The zero-order valence-electron chi connectivity index (χ0n) is 10.2. The first-order valence-corrected chi connectivity index (χ1v) is 5.42. The van der Waals surface area contributed by atoms with Gasteiger partial charge < -0.3 is 10.6 Å². The maximum absolute atomic E-state index is 13.4. The SMILES string of the molecule is CC(C)=C(F)[C@H](C)NC(=O)[C@@H]1C[C@@H](F)CN1.Cl. The first-order valence-electron chi connectivity index (χ1n) is 5.42. The average molecular weight is 269 g/mol. The number of carbonyl (C=O) groups is 1. The van der Waals surface area contributed by atoms with Crippen molar-refractivity contribution in [3.8, 4) is 0 Å². The normalized spacial score (nSPS) is 24.8. The van der Waals surface area contributed by atoms with Gasteiger partial charge in [-0.25, -0.2) is 8.78 Å². The molecule has 0 aromatic carbocycles. The van der Waals surface area contributed by atoms with Crippen LogP contribution in [-0.4, -0.2) is 30.7 Å². The van der Waals surface area contributed by atoms with Crippen LogP contribution in [0.5, 0.6) is 0 Å². The fraction of sp³-hybridized carbons (Fsp3) is 0.727. The fourth-order valence-corrected chi connectivity index (χ4v) is 1.70. The van der Waals surface area contributed by atoms with Crippen LogP contribution in [0.25, 0.3) is 0 Å². The minimum Gasteiger partial charge on any atom is -0.346 e. The predicted octanol–water partition coefficient (Wildman–Crippen LogP) is 1.88. The van der Waals surface area contributed by atoms with E-state index < -0.39 is 18.3 Å². The van der Waals surface area contributed by atoms with Crippen molar-refractivity contribution < 1.29 is 13.6 Å². The predicted molar refractivity (Wildman–Crippen MR) is 65.6 cm³/mol. The molecule has 0 aliphatic carbocycles. The van der Waals surface area contributed by atoms with Crippen LogP contribution >= 0.6 is 12.4 Å². The van der Waals surface area contributed by atoms with Crippen LogP contribution in [0.3, 0.4) is 0 Å². The number of halogens is 3. The summed E-state index contributed by atoms with van der Waals surface area (Å²) >= 11 is 0. The maximum atomic E-state index is 13.4. The number of allylic oxidation sites excluding steroid dienone is 1. The van der Waals surface area contributed by atoms with E-state index in [1.807, 2.05) is 0 Å². The molecule has 3 nitrogen and oxygen atoms in total. The van der Waals surface area contributed by atoms with E-state index in [0.29, 0.717) is 5.57 Å². The highest BCUT2D eigenvalue weighted by molar-refractivity contribution is 5.85. The van der Waals surface area contributed by atoms with Crippen LogP contribution in [0.15, 0.2) is 11.4 Å². The van der Waals surface area contributed by atoms with Gasteiger partial charge in [-0.15, -0.1) is 12.4 Å². The van der Waals surface area contributed by atoms with Crippen LogP contribution in [0.2, 0.25) is 0 Å². The van der Waals surface area contributed by atoms with E-state index in [-0.39, 0.29) is 37.1 Å². The first kappa shape index (κ1) is 16.3. The van der Waals surface area contributed by atoms with Gasteiger partial charge in [-0.1, -0.05) is 0 Å². The van der Waals surface area contributed by atoms with Gasteiger partial charge in [-0.2, -0.15) is 0 Å². The van der Waals surface area contributed by atoms with E-state index in [1.165, 1.54) is 0 Å². The molecule has 0 aromatic rings. The zero-order chi connectivity index (χ0) is 12.3. The fourth-order valence-electron chi connectivity index (χ4n) is 1.70. The average Bonchev–Trinajstić information content (AvgIpc) is 2.63. The van der Waals surface area contributed by atoms with Gasteiger partial charge in [0.25, 0.3) is 0 Å². The Balaban J connectivity index is 0.00000256. The minimum absolute atomic E-state index is 0. The molecule has 0 spiro atoms. The molecule has 1 aliphatic rings. The summed E-state index contributed by atoms with van der Waals surface area (Å²) in [6.45, 7) is 5.05. The van der Waals surface area contributed by atoms with Crippen molar-refractivity contribution in [2.75, 3.05) is 6.54 Å². The molecule has 0 aromatic heterocycles. The van der Waals surface area contributed by atoms with E-state index in [0.717, 1.165) is 0 Å². The molecule has 0 radical (unpaired) electrons. The summed E-state index contributed by atoms with van der Waals surface area (Å²) in [7, 11) is 0. The molecule has 0 bridgehead atoms. The molecule has 100 valence electrons. The quantitative estimate of drug-likeness (QED) is 0.821. The molecule has 1 amide bonds. The Morgan fingerprint density at radius 2 is 2.06 bits per heavy atom. The Kier molecular flexibility index (Phi) is 6.64. The number of carbonyl (C=O) groups excluding carboxylic acids is 1. The number of nitrogens with one attached hydrogen (secondary N) is 2. The van der Waals surface area contributed by atoms with Crippen molar-refractivity contribution in [3.05, 3.63) is 11.4 Å². The second kappa shape index (κ2) is 6.91. The molecule has 1 rings (SSSR count). The Labute approximate surface area is 106 Å². The Bertz CT molecular complexity index is 306. The third kappa shape index (κ3) is 4.60. The van der Waals surface area contributed by atoms with Crippen molar-refractivity contribution >= 4 is 18.3 Å². The summed E-state index contributed by atoms with van der Waals surface area (Å²) in [5, 5.41) is 5.28. The molecule has 1 heterocycles. The van der Waals surface area contributed by atoms with Gasteiger partial charge in [-0.3, -0.25) is 4.79 Å². The molecule has 2 N–H and O–H groups in total. The third-order valence-electron chi connectivity index (χ3n) is 2.61. The van der Waals surface area contributed by atoms with E-state index >= 15 is 0 Å². The monoisotopic (exact) mass is 268 g/mol. The lowest BCUT2D eigenvalue weighted by Crippen LogP contribution is -2.44. The minimum atomic E-state index is -0.987. The number of hydrogen-bond donors (Lipinski definition) is 2. The van der Waals surface area contributed by atoms with E-state index in [9.17, 15) is 13.6 Å². The Morgan fingerprint density at radius 3 is 2.47 bits per heavy atom. The number of alkyl halides is 1. The second-order valence-electron chi connectivity index (χ2n) is 4.37. The number of rotatable bonds is 3. The van der Waals surface area contributed by atoms with Gasteiger partial charge in [-0.05, 0) is 26.3 Å². The second-order valence-corrected chi connectivity index (χ2v) is 4.37. The van der Waals surface area contributed by atoms with Crippen molar-refractivity contribution in [3.63, 3.8) is 0 Å². The first-order chi connectivity index (χ1) is 7.41. The molecule has 3 atom stereocenters. The van der Waals surface area contributed by atoms with Gasteiger partial charge in [0.15, 0.2) is 0 Å². The van der Waals surface area contributed by atoms with Crippen LogP contribution in [-0.2, 0) is 4.79 Å². The molecule has 0 saturated carbocycles. The van der Waals surface area contributed by atoms with Gasteiger partial charge in [0.05, 0.1) is 12.1 Å². The van der Waals surface area contributed by atoms with Gasteiger partial charge in [0.2, 0.25) is 5.91 Å². The van der Waals surface area contributed by atoms with Crippen LogP contribution in [0.1, 0.15) is 27.2 Å². The van der Waals surface area contributed by atoms with E-state index in [4.69, 9.17) is 0 Å². The highest BCUT2D eigenvalue weighted by Gasteiger charge is 2.30. The Morgan fingerprint density at radius 1 is 1.47 bits per heavy atom. The summed E-state index contributed by atoms with van der Waals surface area (Å²) in [5.74, 6) is -0.688. The lowest BCUT2D eigenvalue weighted by molar-refractivity contribution is -0.123. The van der Waals surface area contributed by atoms with Crippen LogP contribution < -0.4 is 10.6 Å². The standard InChI is InChI=1S/C11H18F2N2O.ClH/c1-6(2)10(13)7(3)15-11(16)9-4-8(12)5-14-9;/h7-9,14H,4-5H2,1-3H3,(H,15,16);1H/t7-,8+,9-;/m0./s1. The molecule has 6 heteroatoms. The lowest BCUT2D eigenvalue weighted by Gasteiger charge is -2.16. The highest BCUT2D eigenvalue weighted by Crippen LogP contribution is 2.13. The van der Waals surface area contributed by atoms with Crippen LogP contribution in [0, 0.1) is 0 Å². The van der Waals surface area contributed by atoms with Crippen molar-refractivity contribution in [2.45, 2.75) is 45.4 Å². The zero-order valence-corrected chi connectivity index (χ0v) is 11.0. The van der Waals surface area contributed by atoms with E-state index in [1.54, 1.807) is 20.8 Å². The third-order valence-corrected chi connectivity index (χ3v) is 2.61. The summed E-state index contributed by atoms with van der Waals surface area (Å²) in [4.78, 5) is 11.6. The molecular formula is C11H19ClF2N2O. The van der Waals surface area contributed by atoms with Gasteiger partial charge >= 0.3 is 0 Å². The maximum Gasteiger partial charge on any atom is 0.237 e. The molecule has 1 saturated heterocycles. The largest absolute Gasteiger partial charge is 0.346 e. The molecule has 0 unspecified atom stereocenters. The lowest BCUT2D eigenvalue weighted by atomic mass is 10.1. The number of hydrogen-bond acceptors (Lipinski definition) is 2. The van der Waals surface area contributed by atoms with E-state index in [2.05, 4.69) is 10.6 Å². The summed E-state index contributed by atoms with van der Waals surface area (Å²) < 4.78 is 26.2.